The molecule has 1 fully saturated rings. The predicted octanol–water partition coefficient (Wildman–Crippen LogP) is 3.09. The van der Waals surface area contributed by atoms with Crippen molar-refractivity contribution in [3.05, 3.63) is 11.6 Å². The van der Waals surface area contributed by atoms with Crippen LogP contribution in [0.4, 0.5) is 0 Å². The Labute approximate surface area is 146 Å². The lowest BCUT2D eigenvalue weighted by Crippen LogP contribution is -2.46. The summed E-state index contributed by atoms with van der Waals surface area (Å²) < 4.78 is 5.32. The summed E-state index contributed by atoms with van der Waals surface area (Å²) in [4.78, 5) is 4.32. The van der Waals surface area contributed by atoms with Crippen molar-refractivity contribution in [1.29, 1.82) is 0 Å². The molecule has 0 unspecified atom stereocenters. The van der Waals surface area contributed by atoms with E-state index in [0.717, 1.165) is 45.1 Å². The third kappa shape index (κ3) is 5.77. The van der Waals surface area contributed by atoms with Crippen LogP contribution >= 0.6 is 24.0 Å². The number of hydrogen-bond donors (Lipinski definition) is 2. The van der Waals surface area contributed by atoms with Crippen LogP contribution in [0.25, 0.3) is 0 Å². The molecule has 2 rings (SSSR count). The van der Waals surface area contributed by atoms with Crippen LogP contribution in [-0.4, -0.2) is 39.3 Å². The highest BCUT2D eigenvalue weighted by atomic mass is 127. The van der Waals surface area contributed by atoms with Gasteiger partial charge in [0.15, 0.2) is 5.96 Å². The Hall–Kier alpha value is -0.300. The van der Waals surface area contributed by atoms with Gasteiger partial charge in [-0.15, -0.1) is 24.0 Å². The van der Waals surface area contributed by atoms with Gasteiger partial charge in [-0.25, -0.2) is 0 Å². The molecule has 0 aromatic heterocycles. The van der Waals surface area contributed by atoms with Crippen LogP contribution in [0, 0.1) is 5.41 Å². The van der Waals surface area contributed by atoms with Crippen molar-refractivity contribution in [3.63, 3.8) is 0 Å². The second kappa shape index (κ2) is 9.66. The van der Waals surface area contributed by atoms with Gasteiger partial charge in [0.05, 0.1) is 13.2 Å². The Morgan fingerprint density at radius 1 is 1.38 bits per heavy atom. The Bertz CT molecular complexity index is 359. The van der Waals surface area contributed by atoms with Gasteiger partial charge in [-0.05, 0) is 37.5 Å². The maximum absolute atomic E-state index is 5.32. The van der Waals surface area contributed by atoms with E-state index in [1.54, 1.807) is 0 Å². The molecule has 1 heterocycles. The largest absolute Gasteiger partial charge is 0.377 e. The molecule has 1 aliphatic heterocycles. The average molecular weight is 407 g/mol. The highest BCUT2D eigenvalue weighted by molar-refractivity contribution is 14.0. The van der Waals surface area contributed by atoms with Crippen LogP contribution in [-0.2, 0) is 4.74 Å². The average Bonchev–Trinajstić information content (AvgIpc) is 2.45. The van der Waals surface area contributed by atoms with Crippen LogP contribution in [0.2, 0.25) is 0 Å². The number of ether oxygens (including phenoxy) is 1. The first kappa shape index (κ1) is 18.7. The zero-order chi connectivity index (χ0) is 14.3. The van der Waals surface area contributed by atoms with Crippen molar-refractivity contribution >= 4 is 29.9 Å². The zero-order valence-electron chi connectivity index (χ0n) is 13.4. The summed E-state index contributed by atoms with van der Waals surface area (Å²) in [6, 6.07) is 0. The van der Waals surface area contributed by atoms with Gasteiger partial charge in [0, 0.05) is 20.1 Å². The van der Waals surface area contributed by atoms with E-state index in [1.807, 2.05) is 7.05 Å². The van der Waals surface area contributed by atoms with Crippen molar-refractivity contribution in [1.82, 2.24) is 10.6 Å². The highest BCUT2D eigenvalue weighted by Gasteiger charge is 2.34. The number of guanidine groups is 1. The van der Waals surface area contributed by atoms with E-state index in [1.165, 1.54) is 31.3 Å². The van der Waals surface area contributed by atoms with Crippen molar-refractivity contribution in [3.8, 4) is 0 Å². The second-order valence-corrected chi connectivity index (χ2v) is 6.00. The number of rotatable bonds is 6. The molecule has 4 nitrogen and oxygen atoms in total. The minimum atomic E-state index is 0. The molecule has 0 aromatic rings. The first-order chi connectivity index (χ1) is 9.78. The standard InChI is InChI=1S/C16H29N3O.HI/c1-3-16(8-4-9-16)13-19-15(17-2)18-10-5-14-6-11-20-12-7-14;/h6H,3-5,7-13H2,1-2H3,(H2,17,18,19);1H. The molecule has 2 aliphatic rings. The summed E-state index contributed by atoms with van der Waals surface area (Å²) in [5.74, 6) is 0.942. The molecule has 0 saturated heterocycles. The fraction of sp³-hybridized carbons (Fsp3) is 0.812. The molecule has 0 atom stereocenters. The van der Waals surface area contributed by atoms with Crippen LogP contribution in [0.3, 0.4) is 0 Å². The fourth-order valence-corrected chi connectivity index (χ4v) is 2.96. The highest BCUT2D eigenvalue weighted by Crippen LogP contribution is 2.42. The van der Waals surface area contributed by atoms with Crippen LogP contribution in [0.1, 0.15) is 45.4 Å². The summed E-state index contributed by atoms with van der Waals surface area (Å²) in [6.07, 6.45) is 9.75. The molecule has 122 valence electrons. The topological polar surface area (TPSA) is 45.7 Å². The van der Waals surface area contributed by atoms with Gasteiger partial charge in [-0.1, -0.05) is 25.0 Å². The monoisotopic (exact) mass is 407 g/mol. The van der Waals surface area contributed by atoms with Crippen molar-refractivity contribution in [2.75, 3.05) is 33.4 Å². The van der Waals surface area contributed by atoms with Crippen molar-refractivity contribution in [2.24, 2.45) is 10.4 Å². The van der Waals surface area contributed by atoms with E-state index >= 15 is 0 Å². The number of halogens is 1. The smallest absolute Gasteiger partial charge is 0.191 e. The zero-order valence-corrected chi connectivity index (χ0v) is 15.7. The quantitative estimate of drug-likeness (QED) is 0.308. The first-order valence-corrected chi connectivity index (χ1v) is 7.98. The molecular weight excluding hydrogens is 377 g/mol. The van der Waals surface area contributed by atoms with Gasteiger partial charge in [0.1, 0.15) is 0 Å². The lowest BCUT2D eigenvalue weighted by atomic mass is 9.67. The second-order valence-electron chi connectivity index (χ2n) is 6.00. The van der Waals surface area contributed by atoms with Gasteiger partial charge >= 0.3 is 0 Å². The summed E-state index contributed by atoms with van der Waals surface area (Å²) in [7, 11) is 1.85. The van der Waals surface area contributed by atoms with Gasteiger partial charge in [0.25, 0.3) is 0 Å². The molecule has 21 heavy (non-hydrogen) atoms. The maximum Gasteiger partial charge on any atom is 0.191 e. The van der Waals surface area contributed by atoms with Gasteiger partial charge < -0.3 is 15.4 Å². The molecule has 2 N–H and O–H groups in total. The van der Waals surface area contributed by atoms with Gasteiger partial charge in [-0.3, -0.25) is 4.99 Å². The van der Waals surface area contributed by atoms with E-state index < -0.39 is 0 Å². The normalized spacial score (nSPS) is 20.9. The molecule has 0 aromatic carbocycles. The predicted molar refractivity (Wildman–Crippen MR) is 99.5 cm³/mol. The van der Waals surface area contributed by atoms with Gasteiger partial charge in [-0.2, -0.15) is 0 Å². The lowest BCUT2D eigenvalue weighted by Gasteiger charge is -2.41. The summed E-state index contributed by atoms with van der Waals surface area (Å²) in [5.41, 5.74) is 2.03. The van der Waals surface area contributed by atoms with E-state index in [-0.39, 0.29) is 24.0 Å². The maximum atomic E-state index is 5.32. The van der Waals surface area contributed by atoms with Gasteiger partial charge in [0.2, 0.25) is 0 Å². The lowest BCUT2D eigenvalue weighted by molar-refractivity contribution is 0.131. The number of hydrogen-bond acceptors (Lipinski definition) is 2. The van der Waals surface area contributed by atoms with E-state index in [0.29, 0.717) is 5.41 Å². The Kier molecular flexibility index (Phi) is 8.63. The summed E-state index contributed by atoms with van der Waals surface area (Å²) in [6.45, 7) is 5.96. The molecule has 0 bridgehead atoms. The van der Waals surface area contributed by atoms with Crippen LogP contribution in [0.5, 0.6) is 0 Å². The van der Waals surface area contributed by atoms with Crippen molar-refractivity contribution < 1.29 is 4.74 Å². The summed E-state index contributed by atoms with van der Waals surface area (Å²) in [5, 5.41) is 6.91. The van der Waals surface area contributed by atoms with E-state index in [4.69, 9.17) is 4.74 Å². The fourth-order valence-electron chi connectivity index (χ4n) is 2.96. The molecule has 0 spiro atoms. The third-order valence-corrected chi connectivity index (χ3v) is 4.81. The first-order valence-electron chi connectivity index (χ1n) is 7.98. The molecule has 0 amide bonds. The number of aliphatic imine (C=N–C) groups is 1. The van der Waals surface area contributed by atoms with Crippen LogP contribution in [0.15, 0.2) is 16.6 Å². The van der Waals surface area contributed by atoms with E-state index in [9.17, 15) is 0 Å². The number of nitrogens with one attached hydrogen (secondary N) is 2. The third-order valence-electron chi connectivity index (χ3n) is 4.81. The molecular formula is C16H30IN3O. The molecule has 1 aliphatic carbocycles. The molecule has 1 saturated carbocycles. The SMILES string of the molecule is CCC1(CNC(=NC)NCCC2=CCOCC2)CCC1.I. The molecule has 5 heteroatoms. The minimum Gasteiger partial charge on any atom is -0.377 e. The molecule has 0 radical (unpaired) electrons. The Morgan fingerprint density at radius 2 is 2.19 bits per heavy atom. The summed E-state index contributed by atoms with van der Waals surface area (Å²) >= 11 is 0. The van der Waals surface area contributed by atoms with Crippen LogP contribution < -0.4 is 10.6 Å². The minimum absolute atomic E-state index is 0. The number of nitrogens with zero attached hydrogens (tertiary/aromatic N) is 1. The Morgan fingerprint density at radius 3 is 2.71 bits per heavy atom. The van der Waals surface area contributed by atoms with E-state index in [2.05, 4.69) is 28.6 Å². The Balaban J connectivity index is 0.00000220. The van der Waals surface area contributed by atoms with Crippen molar-refractivity contribution in [2.45, 2.75) is 45.4 Å².